The van der Waals surface area contributed by atoms with Crippen LogP contribution in [0.5, 0.6) is 0 Å². The largest absolute Gasteiger partial charge is 0.463 e. The summed E-state index contributed by atoms with van der Waals surface area (Å²) in [7, 11) is 0. The molecular formula is C18H21NO3. The molecule has 0 radical (unpaired) electrons. The molecule has 0 aliphatic heterocycles. The molecule has 0 bridgehead atoms. The van der Waals surface area contributed by atoms with Gasteiger partial charge in [0.2, 0.25) is 5.91 Å². The standard InChI is InChI=1S/C18H21NO3/c1-12-8-9-16(22-12)18(2,21)11-19-17(20)15-10-14(15)13-6-4-3-5-7-13/h3-9,14-15,21H,10-11H2,1-2H3,(H,19,20). The number of carbonyl (C=O) groups is 1. The molecule has 1 heterocycles. The molecule has 1 aliphatic carbocycles. The van der Waals surface area contributed by atoms with Crippen molar-refractivity contribution in [2.45, 2.75) is 31.8 Å². The number of hydrogen-bond donors (Lipinski definition) is 2. The van der Waals surface area contributed by atoms with E-state index in [0.29, 0.717) is 11.7 Å². The zero-order chi connectivity index (χ0) is 15.7. The van der Waals surface area contributed by atoms with Gasteiger partial charge in [-0.15, -0.1) is 0 Å². The van der Waals surface area contributed by atoms with E-state index >= 15 is 0 Å². The molecule has 3 unspecified atom stereocenters. The van der Waals surface area contributed by atoms with E-state index in [1.165, 1.54) is 5.56 Å². The number of benzene rings is 1. The van der Waals surface area contributed by atoms with Gasteiger partial charge in [0.25, 0.3) is 0 Å². The van der Waals surface area contributed by atoms with Crippen molar-refractivity contribution in [3.05, 3.63) is 59.5 Å². The van der Waals surface area contributed by atoms with E-state index in [-0.39, 0.29) is 18.4 Å². The van der Waals surface area contributed by atoms with Crippen molar-refractivity contribution in [3.63, 3.8) is 0 Å². The Balaban J connectivity index is 1.55. The molecule has 3 rings (SSSR count). The van der Waals surface area contributed by atoms with Crippen LogP contribution in [0.3, 0.4) is 0 Å². The van der Waals surface area contributed by atoms with Gasteiger partial charge in [0, 0.05) is 5.92 Å². The number of rotatable bonds is 5. The summed E-state index contributed by atoms with van der Waals surface area (Å²) in [5.41, 5.74) is 0.0113. The molecule has 1 amide bonds. The Morgan fingerprint density at radius 3 is 2.68 bits per heavy atom. The molecule has 2 aromatic rings. The molecule has 1 aromatic heterocycles. The van der Waals surface area contributed by atoms with E-state index in [1.807, 2.05) is 25.1 Å². The van der Waals surface area contributed by atoms with Gasteiger partial charge in [-0.25, -0.2) is 0 Å². The van der Waals surface area contributed by atoms with Gasteiger partial charge < -0.3 is 14.8 Å². The summed E-state index contributed by atoms with van der Waals surface area (Å²) in [5.74, 6) is 1.53. The van der Waals surface area contributed by atoms with Crippen LogP contribution in [0.25, 0.3) is 0 Å². The lowest BCUT2D eigenvalue weighted by molar-refractivity contribution is -0.123. The number of hydrogen-bond acceptors (Lipinski definition) is 3. The second-order valence-corrected chi connectivity index (χ2v) is 6.26. The van der Waals surface area contributed by atoms with Crippen molar-refractivity contribution in [2.24, 2.45) is 5.92 Å². The fraction of sp³-hybridized carbons (Fsp3) is 0.389. The second kappa shape index (κ2) is 5.61. The van der Waals surface area contributed by atoms with Crippen LogP contribution < -0.4 is 5.32 Å². The summed E-state index contributed by atoms with van der Waals surface area (Å²) in [6.07, 6.45) is 0.873. The smallest absolute Gasteiger partial charge is 0.223 e. The lowest BCUT2D eigenvalue weighted by atomic mass is 10.0. The molecule has 4 nitrogen and oxygen atoms in total. The summed E-state index contributed by atoms with van der Waals surface area (Å²) in [6.45, 7) is 3.62. The van der Waals surface area contributed by atoms with Crippen molar-refractivity contribution in [1.82, 2.24) is 5.32 Å². The molecule has 0 spiro atoms. The maximum Gasteiger partial charge on any atom is 0.223 e. The normalized spacial score (nSPS) is 22.9. The predicted octanol–water partition coefficient (Wildman–Crippen LogP) is 2.72. The van der Waals surface area contributed by atoms with Crippen LogP contribution in [0.1, 0.15) is 36.3 Å². The number of carbonyl (C=O) groups excluding carboxylic acids is 1. The molecular weight excluding hydrogens is 278 g/mol. The molecule has 1 aliphatic rings. The topological polar surface area (TPSA) is 62.5 Å². The zero-order valence-corrected chi connectivity index (χ0v) is 12.9. The summed E-state index contributed by atoms with van der Waals surface area (Å²) >= 11 is 0. The Morgan fingerprint density at radius 2 is 2.05 bits per heavy atom. The molecule has 116 valence electrons. The third-order valence-corrected chi connectivity index (χ3v) is 4.23. The number of amides is 1. The minimum absolute atomic E-state index is 0.00240. The first-order valence-corrected chi connectivity index (χ1v) is 7.59. The summed E-state index contributed by atoms with van der Waals surface area (Å²) in [5, 5.41) is 13.3. The van der Waals surface area contributed by atoms with E-state index in [4.69, 9.17) is 4.42 Å². The van der Waals surface area contributed by atoms with Crippen LogP contribution in [-0.4, -0.2) is 17.6 Å². The Morgan fingerprint density at radius 1 is 1.32 bits per heavy atom. The van der Waals surface area contributed by atoms with Crippen molar-refractivity contribution in [1.29, 1.82) is 0 Å². The van der Waals surface area contributed by atoms with E-state index in [0.717, 1.165) is 12.2 Å². The minimum atomic E-state index is -1.19. The van der Waals surface area contributed by atoms with Crippen LogP contribution in [-0.2, 0) is 10.4 Å². The van der Waals surface area contributed by atoms with Crippen molar-refractivity contribution in [3.8, 4) is 0 Å². The lowest BCUT2D eigenvalue weighted by Crippen LogP contribution is -2.39. The number of aryl methyl sites for hydroxylation is 1. The molecule has 4 heteroatoms. The van der Waals surface area contributed by atoms with Gasteiger partial charge in [0.05, 0.1) is 6.54 Å². The molecule has 1 saturated carbocycles. The van der Waals surface area contributed by atoms with Gasteiger partial charge >= 0.3 is 0 Å². The fourth-order valence-corrected chi connectivity index (χ4v) is 2.75. The number of aliphatic hydroxyl groups is 1. The van der Waals surface area contributed by atoms with E-state index < -0.39 is 5.60 Å². The van der Waals surface area contributed by atoms with Crippen molar-refractivity contribution < 1.29 is 14.3 Å². The molecule has 2 N–H and O–H groups in total. The van der Waals surface area contributed by atoms with Crippen LogP contribution >= 0.6 is 0 Å². The molecule has 0 saturated heterocycles. The number of nitrogens with one attached hydrogen (secondary N) is 1. The predicted molar refractivity (Wildman–Crippen MR) is 83.3 cm³/mol. The first kappa shape index (κ1) is 14.9. The van der Waals surface area contributed by atoms with E-state index in [2.05, 4.69) is 17.4 Å². The Hall–Kier alpha value is -2.07. The SMILES string of the molecule is Cc1ccc(C(C)(O)CNC(=O)C2CC2c2ccccc2)o1. The Kier molecular flexibility index (Phi) is 3.79. The second-order valence-electron chi connectivity index (χ2n) is 6.26. The van der Waals surface area contributed by atoms with Gasteiger partial charge in [0.1, 0.15) is 17.1 Å². The third-order valence-electron chi connectivity index (χ3n) is 4.23. The van der Waals surface area contributed by atoms with E-state index in [9.17, 15) is 9.90 Å². The maximum absolute atomic E-state index is 12.2. The van der Waals surface area contributed by atoms with Crippen molar-refractivity contribution in [2.75, 3.05) is 6.54 Å². The highest BCUT2D eigenvalue weighted by Crippen LogP contribution is 2.47. The summed E-state index contributed by atoms with van der Waals surface area (Å²) in [6, 6.07) is 13.6. The summed E-state index contributed by atoms with van der Waals surface area (Å²) < 4.78 is 5.45. The van der Waals surface area contributed by atoms with E-state index in [1.54, 1.807) is 19.1 Å². The van der Waals surface area contributed by atoms with Crippen LogP contribution in [0.4, 0.5) is 0 Å². The third kappa shape index (κ3) is 3.07. The molecule has 1 aromatic carbocycles. The molecule has 22 heavy (non-hydrogen) atoms. The quantitative estimate of drug-likeness (QED) is 0.892. The van der Waals surface area contributed by atoms with Crippen LogP contribution in [0.2, 0.25) is 0 Å². The highest BCUT2D eigenvalue weighted by molar-refractivity contribution is 5.82. The highest BCUT2D eigenvalue weighted by Gasteiger charge is 2.44. The van der Waals surface area contributed by atoms with Gasteiger partial charge in [-0.3, -0.25) is 4.79 Å². The zero-order valence-electron chi connectivity index (χ0n) is 12.9. The monoisotopic (exact) mass is 299 g/mol. The van der Waals surface area contributed by atoms with Crippen LogP contribution in [0, 0.1) is 12.8 Å². The van der Waals surface area contributed by atoms with Gasteiger partial charge in [-0.05, 0) is 43.9 Å². The maximum atomic E-state index is 12.2. The minimum Gasteiger partial charge on any atom is -0.463 e. The lowest BCUT2D eigenvalue weighted by Gasteiger charge is -2.21. The average molecular weight is 299 g/mol. The van der Waals surface area contributed by atoms with Gasteiger partial charge in [-0.1, -0.05) is 30.3 Å². The molecule has 3 atom stereocenters. The Bertz CT molecular complexity index is 660. The first-order valence-electron chi connectivity index (χ1n) is 7.59. The van der Waals surface area contributed by atoms with Crippen molar-refractivity contribution >= 4 is 5.91 Å². The van der Waals surface area contributed by atoms with Gasteiger partial charge in [-0.2, -0.15) is 0 Å². The first-order chi connectivity index (χ1) is 10.5. The van der Waals surface area contributed by atoms with Crippen LogP contribution in [0.15, 0.2) is 46.9 Å². The van der Waals surface area contributed by atoms with Gasteiger partial charge in [0.15, 0.2) is 0 Å². The number of furan rings is 1. The Labute approximate surface area is 130 Å². The highest BCUT2D eigenvalue weighted by atomic mass is 16.4. The average Bonchev–Trinajstić information content (AvgIpc) is 3.20. The summed E-state index contributed by atoms with van der Waals surface area (Å²) in [4.78, 5) is 12.2. The molecule has 1 fully saturated rings. The fourth-order valence-electron chi connectivity index (χ4n) is 2.75.